The van der Waals surface area contributed by atoms with Crippen LogP contribution in [0.3, 0.4) is 0 Å². The minimum absolute atomic E-state index is 0.213. The lowest BCUT2D eigenvalue weighted by molar-refractivity contribution is -0.148. The number of hydrogen-bond donors (Lipinski definition) is 2. The molecule has 0 aromatic carbocycles. The number of hydrogen-bond acceptors (Lipinski definition) is 5. The molecule has 1 heterocycles. The monoisotopic (exact) mass is 242 g/mol. The Morgan fingerprint density at radius 2 is 2.38 bits per heavy atom. The van der Waals surface area contributed by atoms with E-state index in [4.69, 9.17) is 5.73 Å². The van der Waals surface area contributed by atoms with Crippen LogP contribution in [0.25, 0.3) is 0 Å². The molecule has 3 N–H and O–H groups in total. The largest absolute Gasteiger partial charge is 0.464 e. The first-order valence-electron chi connectivity index (χ1n) is 4.86. The first-order valence-corrected chi connectivity index (χ1v) is 5.80. The van der Waals surface area contributed by atoms with Gasteiger partial charge >= 0.3 is 5.97 Å². The highest BCUT2D eigenvalue weighted by atomic mass is 32.1. The highest BCUT2D eigenvalue weighted by Gasteiger charge is 2.22. The molecular weight excluding hydrogens is 228 g/mol. The Labute approximate surface area is 97.6 Å². The molecule has 1 atom stereocenters. The summed E-state index contributed by atoms with van der Waals surface area (Å²) in [7, 11) is 0. The second kappa shape index (κ2) is 6.24. The van der Waals surface area contributed by atoms with Crippen LogP contribution in [0.2, 0.25) is 0 Å². The molecule has 5 nitrogen and oxygen atoms in total. The number of ether oxygens (including phenoxy) is 1. The Morgan fingerprint density at radius 1 is 1.62 bits per heavy atom. The molecule has 0 radical (unpaired) electrons. The second-order valence-electron chi connectivity index (χ2n) is 3.08. The zero-order valence-electron chi connectivity index (χ0n) is 8.93. The summed E-state index contributed by atoms with van der Waals surface area (Å²) in [5.74, 6) is -1.23. The van der Waals surface area contributed by atoms with Crippen LogP contribution >= 0.6 is 11.3 Å². The summed E-state index contributed by atoms with van der Waals surface area (Å²) in [4.78, 5) is 22.6. The molecule has 0 spiro atoms. The lowest BCUT2D eigenvalue weighted by Crippen LogP contribution is -2.46. The zero-order chi connectivity index (χ0) is 12.0. The van der Waals surface area contributed by atoms with Gasteiger partial charge < -0.3 is 15.8 Å². The molecule has 0 aliphatic rings. The third-order valence-corrected chi connectivity index (χ3v) is 2.60. The summed E-state index contributed by atoms with van der Waals surface area (Å²) < 4.78 is 4.64. The van der Waals surface area contributed by atoms with Crippen molar-refractivity contribution in [3.8, 4) is 0 Å². The van der Waals surface area contributed by atoms with Crippen molar-refractivity contribution in [3.63, 3.8) is 0 Å². The van der Waals surface area contributed by atoms with E-state index in [1.807, 2.05) is 16.8 Å². The number of amides is 1. The van der Waals surface area contributed by atoms with E-state index in [-0.39, 0.29) is 6.61 Å². The maximum absolute atomic E-state index is 11.4. The Bertz CT molecular complexity index is 351. The summed E-state index contributed by atoms with van der Waals surface area (Å²) in [6, 6.07) is 0.638. The van der Waals surface area contributed by atoms with E-state index in [9.17, 15) is 9.59 Å². The number of nitrogens with two attached hydrogens (primary N) is 1. The van der Waals surface area contributed by atoms with Crippen LogP contribution in [-0.4, -0.2) is 24.5 Å². The van der Waals surface area contributed by atoms with E-state index in [2.05, 4.69) is 10.1 Å². The van der Waals surface area contributed by atoms with Gasteiger partial charge in [0, 0.05) is 6.54 Å². The zero-order valence-corrected chi connectivity index (χ0v) is 9.75. The Balaban J connectivity index is 2.37. The maximum Gasteiger partial charge on any atom is 0.332 e. The van der Waals surface area contributed by atoms with E-state index in [1.54, 1.807) is 6.92 Å². The molecule has 6 heteroatoms. The third kappa shape index (κ3) is 3.63. The Hall–Kier alpha value is -1.40. The van der Waals surface area contributed by atoms with Crippen molar-refractivity contribution in [1.29, 1.82) is 0 Å². The van der Waals surface area contributed by atoms with Crippen molar-refractivity contribution in [2.75, 3.05) is 6.61 Å². The lowest BCUT2D eigenvalue weighted by atomic mass is 10.3. The van der Waals surface area contributed by atoms with Crippen molar-refractivity contribution in [1.82, 2.24) is 5.32 Å². The van der Waals surface area contributed by atoms with Gasteiger partial charge in [0.25, 0.3) is 0 Å². The van der Waals surface area contributed by atoms with E-state index < -0.39 is 17.9 Å². The average molecular weight is 242 g/mol. The van der Waals surface area contributed by atoms with Crippen molar-refractivity contribution < 1.29 is 14.3 Å². The molecule has 0 saturated heterocycles. The van der Waals surface area contributed by atoms with E-state index in [0.717, 1.165) is 5.56 Å². The van der Waals surface area contributed by atoms with Gasteiger partial charge in [0.05, 0.1) is 6.61 Å². The molecule has 0 fully saturated rings. The molecule has 1 rings (SSSR count). The molecule has 0 aliphatic heterocycles. The molecule has 16 heavy (non-hydrogen) atoms. The van der Waals surface area contributed by atoms with Crippen LogP contribution in [0, 0.1) is 0 Å². The summed E-state index contributed by atoms with van der Waals surface area (Å²) in [6.45, 7) is 2.24. The van der Waals surface area contributed by atoms with Crippen LogP contribution in [0.1, 0.15) is 12.5 Å². The molecule has 0 saturated carbocycles. The number of rotatable bonds is 5. The van der Waals surface area contributed by atoms with Crippen LogP contribution < -0.4 is 11.1 Å². The maximum atomic E-state index is 11.4. The SMILES string of the molecule is CCOC(=O)C(N)C(=O)NCc1ccsc1. The van der Waals surface area contributed by atoms with Gasteiger partial charge in [-0.25, -0.2) is 4.79 Å². The lowest BCUT2D eigenvalue weighted by Gasteiger charge is -2.10. The predicted molar refractivity (Wildman–Crippen MR) is 60.8 cm³/mol. The molecule has 88 valence electrons. The molecule has 0 bridgehead atoms. The number of carbonyl (C=O) groups is 2. The summed E-state index contributed by atoms with van der Waals surface area (Å²) in [6.07, 6.45) is 0. The smallest absolute Gasteiger partial charge is 0.332 e. The van der Waals surface area contributed by atoms with Crippen molar-refractivity contribution >= 4 is 23.2 Å². The minimum atomic E-state index is -1.25. The van der Waals surface area contributed by atoms with E-state index in [1.165, 1.54) is 11.3 Å². The first kappa shape index (κ1) is 12.7. The standard InChI is InChI=1S/C10H14N2O3S/c1-2-15-10(14)8(11)9(13)12-5-7-3-4-16-6-7/h3-4,6,8H,2,5,11H2,1H3,(H,12,13). The van der Waals surface area contributed by atoms with Crippen molar-refractivity contribution in [2.45, 2.75) is 19.5 Å². The van der Waals surface area contributed by atoms with Gasteiger partial charge in [-0.1, -0.05) is 0 Å². The highest BCUT2D eigenvalue weighted by Crippen LogP contribution is 2.04. The minimum Gasteiger partial charge on any atom is -0.464 e. The molecular formula is C10H14N2O3S. The molecule has 0 aliphatic carbocycles. The van der Waals surface area contributed by atoms with Crippen molar-refractivity contribution in [2.24, 2.45) is 5.73 Å². The predicted octanol–water partition coefficient (Wildman–Crippen LogP) is 0.255. The van der Waals surface area contributed by atoms with E-state index >= 15 is 0 Å². The third-order valence-electron chi connectivity index (χ3n) is 1.87. The van der Waals surface area contributed by atoms with Gasteiger partial charge in [0.15, 0.2) is 6.04 Å². The fraction of sp³-hybridized carbons (Fsp3) is 0.400. The Morgan fingerprint density at radius 3 is 2.94 bits per heavy atom. The van der Waals surface area contributed by atoms with E-state index in [0.29, 0.717) is 6.54 Å². The second-order valence-corrected chi connectivity index (χ2v) is 3.86. The molecule has 1 unspecified atom stereocenters. The van der Waals surface area contributed by atoms with Crippen LogP contribution in [-0.2, 0) is 20.9 Å². The number of esters is 1. The van der Waals surface area contributed by atoms with Gasteiger partial charge in [0.1, 0.15) is 0 Å². The fourth-order valence-electron chi connectivity index (χ4n) is 1.03. The van der Waals surface area contributed by atoms with Crippen molar-refractivity contribution in [3.05, 3.63) is 22.4 Å². The molecule has 1 aromatic rings. The number of carbonyl (C=O) groups excluding carboxylic acids is 2. The van der Waals surface area contributed by atoms with Gasteiger partial charge in [-0.2, -0.15) is 11.3 Å². The topological polar surface area (TPSA) is 81.4 Å². The summed E-state index contributed by atoms with van der Waals surface area (Å²) >= 11 is 1.54. The van der Waals surface area contributed by atoms with Gasteiger partial charge in [-0.3, -0.25) is 4.79 Å². The quantitative estimate of drug-likeness (QED) is 0.573. The van der Waals surface area contributed by atoms with Gasteiger partial charge in [-0.15, -0.1) is 0 Å². The molecule has 1 aromatic heterocycles. The highest BCUT2D eigenvalue weighted by molar-refractivity contribution is 7.07. The summed E-state index contributed by atoms with van der Waals surface area (Å²) in [5.41, 5.74) is 6.38. The number of thiophene rings is 1. The number of nitrogens with one attached hydrogen (secondary N) is 1. The fourth-order valence-corrected chi connectivity index (χ4v) is 1.70. The first-order chi connectivity index (χ1) is 7.65. The normalized spacial score (nSPS) is 11.9. The van der Waals surface area contributed by atoms with Crippen LogP contribution in [0.15, 0.2) is 16.8 Å². The summed E-state index contributed by atoms with van der Waals surface area (Å²) in [5, 5.41) is 6.39. The molecule has 1 amide bonds. The Kier molecular flexibility index (Phi) is 4.94. The van der Waals surface area contributed by atoms with Crippen LogP contribution in [0.5, 0.6) is 0 Å². The van der Waals surface area contributed by atoms with Crippen LogP contribution in [0.4, 0.5) is 0 Å². The van der Waals surface area contributed by atoms with Gasteiger partial charge in [-0.05, 0) is 29.3 Å². The average Bonchev–Trinajstić information content (AvgIpc) is 2.78. The van der Waals surface area contributed by atoms with Gasteiger partial charge in [0.2, 0.25) is 5.91 Å².